The number of benzene rings is 1. The molecule has 0 unspecified atom stereocenters. The molecule has 0 fully saturated rings. The first kappa shape index (κ1) is 32.0. The molecule has 0 spiro atoms. The van der Waals surface area contributed by atoms with Gasteiger partial charge in [-0.1, -0.05) is 13.0 Å². The summed E-state index contributed by atoms with van der Waals surface area (Å²) in [5, 5.41) is 0.596. The Morgan fingerprint density at radius 1 is 1.00 bits per heavy atom. The summed E-state index contributed by atoms with van der Waals surface area (Å²) in [4.78, 5) is 49.6. The molecular weight excluding hydrogens is 570 g/mol. The summed E-state index contributed by atoms with van der Waals surface area (Å²) in [5.74, 6) is 0.897. The first-order chi connectivity index (χ1) is 21.5. The maximum absolute atomic E-state index is 13.2. The first-order valence-electron chi connectivity index (χ1n) is 15.7. The van der Waals surface area contributed by atoms with Gasteiger partial charge in [-0.25, -0.2) is 0 Å². The molecule has 2 amide bonds. The molecule has 1 aromatic carbocycles. The fraction of sp³-hybridized carbons (Fsp3) is 0.429. The highest BCUT2D eigenvalue weighted by Crippen LogP contribution is 2.40. The largest absolute Gasteiger partial charge is 0.493 e. The molecule has 0 N–H and O–H groups in total. The lowest BCUT2D eigenvalue weighted by molar-refractivity contribution is -0.137. The monoisotopic (exact) mass is 613 g/mol. The maximum atomic E-state index is 13.2. The van der Waals surface area contributed by atoms with Crippen molar-refractivity contribution in [2.24, 2.45) is 5.41 Å². The van der Waals surface area contributed by atoms with Crippen LogP contribution in [0, 0.1) is 12.3 Å². The van der Waals surface area contributed by atoms with E-state index in [9.17, 15) is 14.4 Å². The maximum Gasteiger partial charge on any atom is 0.261 e. The average molecular weight is 614 g/mol. The Bertz CT molecular complexity index is 1760. The Morgan fingerprint density at radius 2 is 1.80 bits per heavy atom. The van der Waals surface area contributed by atoms with Crippen molar-refractivity contribution in [3.8, 4) is 5.75 Å². The molecule has 4 heterocycles. The Kier molecular flexibility index (Phi) is 9.43. The third-order valence-corrected chi connectivity index (χ3v) is 8.57. The van der Waals surface area contributed by atoms with E-state index in [1.165, 1.54) is 5.56 Å². The van der Waals surface area contributed by atoms with E-state index in [1.807, 2.05) is 50.4 Å². The van der Waals surface area contributed by atoms with Crippen LogP contribution in [0.2, 0.25) is 0 Å². The van der Waals surface area contributed by atoms with Crippen LogP contribution in [0.1, 0.15) is 51.1 Å². The molecule has 0 radical (unpaired) electrons. The molecule has 0 saturated carbocycles. The van der Waals surface area contributed by atoms with E-state index in [0.29, 0.717) is 60.9 Å². The van der Waals surface area contributed by atoms with Gasteiger partial charge in [-0.15, -0.1) is 0 Å². The number of fused-ring (bicyclic) bond motifs is 2. The second-order valence-corrected chi connectivity index (χ2v) is 12.1. The van der Waals surface area contributed by atoms with Crippen LogP contribution in [0.3, 0.4) is 0 Å². The van der Waals surface area contributed by atoms with Crippen molar-refractivity contribution in [2.75, 3.05) is 43.1 Å². The zero-order valence-electron chi connectivity index (χ0n) is 27.1. The van der Waals surface area contributed by atoms with Crippen molar-refractivity contribution >= 4 is 34.2 Å². The SMILES string of the molecule is CCc1ncccc1CN(CCCOc1ccc2c(c1)N(C)C(=O)C(C)(C)C(=O)N2CC)CCn1ccc2oc(C)cc2c1=O. The molecule has 0 saturated heterocycles. The summed E-state index contributed by atoms with van der Waals surface area (Å²) in [7, 11) is 1.71. The van der Waals surface area contributed by atoms with Gasteiger partial charge in [-0.3, -0.25) is 24.3 Å². The molecule has 1 aliphatic rings. The van der Waals surface area contributed by atoms with Gasteiger partial charge in [0, 0.05) is 63.9 Å². The minimum absolute atomic E-state index is 0.0540. The number of ether oxygens (including phenoxy) is 1. The predicted octanol–water partition coefficient (Wildman–Crippen LogP) is 5.19. The summed E-state index contributed by atoms with van der Waals surface area (Å²) in [5.41, 5.74) is 2.99. The van der Waals surface area contributed by atoms with E-state index in [1.54, 1.807) is 47.5 Å². The Balaban J connectivity index is 1.28. The standard InChI is InChI=1S/C35H43N5O5/c1-7-28-25(11-9-15-36-28)23-38(18-19-39-17-14-31-27(32(39)41)21-24(3)45-31)16-10-20-44-26-12-13-29-30(22-26)37(6)33(42)35(4,5)34(43)40(29)8-2/h9,11-15,17,21-22H,7-8,10,16,18-20,23H2,1-6H3. The van der Waals surface area contributed by atoms with Crippen molar-refractivity contribution in [1.29, 1.82) is 0 Å². The Hall–Kier alpha value is -4.44. The molecular formula is C35H43N5O5. The molecule has 1 aliphatic heterocycles. The van der Waals surface area contributed by atoms with Gasteiger partial charge in [0.2, 0.25) is 11.8 Å². The summed E-state index contributed by atoms with van der Waals surface area (Å²) in [6, 6.07) is 13.3. The highest BCUT2D eigenvalue weighted by Gasteiger charge is 2.45. The van der Waals surface area contributed by atoms with Crippen molar-refractivity contribution in [1.82, 2.24) is 14.5 Å². The topological polar surface area (TPSA) is 101 Å². The number of carbonyl (C=O) groups excluding carboxylic acids is 2. The second-order valence-electron chi connectivity index (χ2n) is 12.1. The number of rotatable bonds is 12. The predicted molar refractivity (Wildman–Crippen MR) is 176 cm³/mol. The van der Waals surface area contributed by atoms with Gasteiger partial charge in [0.05, 0.1) is 23.4 Å². The third kappa shape index (κ3) is 6.51. The third-order valence-electron chi connectivity index (χ3n) is 8.57. The molecule has 10 heteroatoms. The van der Waals surface area contributed by atoms with Crippen LogP contribution in [0.5, 0.6) is 5.75 Å². The van der Waals surface area contributed by atoms with Crippen molar-refractivity contribution in [2.45, 2.75) is 60.5 Å². The molecule has 3 aromatic heterocycles. The zero-order chi connectivity index (χ0) is 32.3. The summed E-state index contributed by atoms with van der Waals surface area (Å²) in [6.45, 7) is 12.8. The van der Waals surface area contributed by atoms with Crippen LogP contribution in [-0.2, 0) is 29.1 Å². The lowest BCUT2D eigenvalue weighted by atomic mass is 9.90. The molecule has 0 bridgehead atoms. The van der Waals surface area contributed by atoms with Crippen molar-refractivity contribution in [3.05, 3.63) is 82.2 Å². The van der Waals surface area contributed by atoms with Crippen LogP contribution in [-0.4, -0.2) is 59.6 Å². The van der Waals surface area contributed by atoms with Crippen LogP contribution in [0.25, 0.3) is 11.0 Å². The van der Waals surface area contributed by atoms with Gasteiger partial charge >= 0.3 is 0 Å². The van der Waals surface area contributed by atoms with Crippen molar-refractivity contribution in [3.63, 3.8) is 0 Å². The van der Waals surface area contributed by atoms with E-state index in [-0.39, 0.29) is 17.4 Å². The fourth-order valence-electron chi connectivity index (χ4n) is 6.02. The van der Waals surface area contributed by atoms with Gasteiger partial charge in [0.15, 0.2) is 0 Å². The minimum atomic E-state index is -1.16. The quantitative estimate of drug-likeness (QED) is 0.160. The molecule has 4 aromatic rings. The van der Waals surface area contributed by atoms with E-state index >= 15 is 0 Å². The number of nitrogens with zero attached hydrogens (tertiary/aromatic N) is 5. The number of aromatic nitrogens is 2. The number of hydrogen-bond acceptors (Lipinski definition) is 7. The van der Waals surface area contributed by atoms with Crippen LogP contribution in [0.15, 0.2) is 64.1 Å². The molecule has 0 aliphatic carbocycles. The van der Waals surface area contributed by atoms with E-state index in [2.05, 4.69) is 22.9 Å². The summed E-state index contributed by atoms with van der Waals surface area (Å²) < 4.78 is 13.5. The lowest BCUT2D eigenvalue weighted by Crippen LogP contribution is -2.47. The summed E-state index contributed by atoms with van der Waals surface area (Å²) in [6.07, 6.45) is 5.21. The van der Waals surface area contributed by atoms with Crippen molar-refractivity contribution < 1.29 is 18.7 Å². The van der Waals surface area contributed by atoms with Gasteiger partial charge in [0.1, 0.15) is 22.5 Å². The highest BCUT2D eigenvalue weighted by molar-refractivity contribution is 6.20. The number of amides is 2. The number of hydrogen-bond donors (Lipinski definition) is 0. The molecule has 10 nitrogen and oxygen atoms in total. The fourth-order valence-corrected chi connectivity index (χ4v) is 6.02. The normalized spacial score (nSPS) is 14.7. The van der Waals surface area contributed by atoms with E-state index in [0.717, 1.165) is 30.8 Å². The molecule has 45 heavy (non-hydrogen) atoms. The van der Waals surface area contributed by atoms with Gasteiger partial charge in [-0.05, 0) is 76.4 Å². The number of furan rings is 1. The number of pyridine rings is 2. The van der Waals surface area contributed by atoms with Crippen LogP contribution < -0.4 is 20.1 Å². The highest BCUT2D eigenvalue weighted by atomic mass is 16.5. The first-order valence-corrected chi connectivity index (χ1v) is 15.7. The van der Waals surface area contributed by atoms with Gasteiger partial charge < -0.3 is 23.5 Å². The smallest absolute Gasteiger partial charge is 0.261 e. The minimum Gasteiger partial charge on any atom is -0.493 e. The van der Waals surface area contributed by atoms with Gasteiger partial charge in [-0.2, -0.15) is 0 Å². The molecule has 5 rings (SSSR count). The average Bonchev–Trinajstić information content (AvgIpc) is 3.41. The molecule has 0 atom stereocenters. The number of aryl methyl sites for hydroxylation is 2. The Morgan fingerprint density at radius 3 is 2.56 bits per heavy atom. The van der Waals surface area contributed by atoms with E-state index in [4.69, 9.17) is 9.15 Å². The van der Waals surface area contributed by atoms with Crippen LogP contribution >= 0.6 is 0 Å². The second kappa shape index (κ2) is 13.3. The van der Waals surface area contributed by atoms with Gasteiger partial charge in [0.25, 0.3) is 5.56 Å². The molecule has 238 valence electrons. The summed E-state index contributed by atoms with van der Waals surface area (Å²) >= 11 is 0. The number of anilines is 2. The van der Waals surface area contributed by atoms with E-state index < -0.39 is 5.41 Å². The van der Waals surface area contributed by atoms with Crippen LogP contribution in [0.4, 0.5) is 11.4 Å². The number of carbonyl (C=O) groups is 2. The Labute approximate surface area is 264 Å². The lowest BCUT2D eigenvalue weighted by Gasteiger charge is -2.27. The zero-order valence-corrected chi connectivity index (χ0v) is 27.1.